The molecule has 2 rings (SSSR count). The normalized spacial score (nSPS) is 12.1. The topological polar surface area (TPSA) is 82.5 Å². The zero-order valence-electron chi connectivity index (χ0n) is 11.7. The van der Waals surface area contributed by atoms with Crippen LogP contribution in [0.15, 0.2) is 0 Å². The summed E-state index contributed by atoms with van der Waals surface area (Å²) in [6.07, 6.45) is 0. The van der Waals surface area contributed by atoms with Gasteiger partial charge in [-0.3, -0.25) is 5.32 Å². The largest absolute Gasteiger partial charge is 0.544 e. The first kappa shape index (κ1) is 13.9. The Kier molecular flexibility index (Phi) is 3.32. The van der Waals surface area contributed by atoms with Crippen LogP contribution in [0.2, 0.25) is 0 Å². The standard InChI is InChI=1S/C13H17N3O2S/c1-6-7(2)19-11-9(6)10(14-8(3)15-11)16-13(4,5)12(17)18/h1-5H3,(H,17,18)(H,14,15,16). The number of quaternary nitrogens is 1. The maximum Gasteiger partial charge on any atom is 0.237 e. The van der Waals surface area contributed by atoms with Gasteiger partial charge in [-0.15, -0.1) is 11.3 Å². The molecule has 0 aliphatic rings. The SMILES string of the molecule is Cc1nc([NH2+]C(C)(C)C(=O)[O-])c2c(C)c(C)sc2n1. The summed E-state index contributed by atoms with van der Waals surface area (Å²) in [6.45, 7) is 9.08. The van der Waals surface area contributed by atoms with Gasteiger partial charge in [-0.1, -0.05) is 0 Å². The van der Waals surface area contributed by atoms with Gasteiger partial charge in [-0.25, -0.2) is 4.98 Å². The summed E-state index contributed by atoms with van der Waals surface area (Å²) in [6, 6.07) is 0. The summed E-state index contributed by atoms with van der Waals surface area (Å²) >= 11 is 1.61. The van der Waals surface area contributed by atoms with Crippen molar-refractivity contribution in [3.05, 3.63) is 16.3 Å². The number of carboxylic acids is 1. The van der Waals surface area contributed by atoms with E-state index in [0.29, 0.717) is 11.6 Å². The summed E-state index contributed by atoms with van der Waals surface area (Å²) in [5.74, 6) is 0.217. The molecule has 0 atom stereocenters. The fourth-order valence-electron chi connectivity index (χ4n) is 1.90. The monoisotopic (exact) mass is 279 g/mol. The van der Waals surface area contributed by atoms with Gasteiger partial charge in [0.05, 0.1) is 5.39 Å². The van der Waals surface area contributed by atoms with E-state index in [0.717, 1.165) is 15.8 Å². The van der Waals surface area contributed by atoms with Crippen molar-refractivity contribution in [2.75, 3.05) is 0 Å². The van der Waals surface area contributed by atoms with E-state index in [4.69, 9.17) is 0 Å². The molecule has 0 fully saturated rings. The minimum atomic E-state index is -1.11. The van der Waals surface area contributed by atoms with Crippen LogP contribution in [-0.2, 0) is 4.79 Å². The van der Waals surface area contributed by atoms with Gasteiger partial charge in [0.25, 0.3) is 0 Å². The molecule has 0 aromatic carbocycles. The van der Waals surface area contributed by atoms with Gasteiger partial charge >= 0.3 is 0 Å². The second-order valence-corrected chi connectivity index (χ2v) is 6.48. The van der Waals surface area contributed by atoms with E-state index in [2.05, 4.69) is 9.97 Å². The van der Waals surface area contributed by atoms with E-state index in [9.17, 15) is 9.90 Å². The van der Waals surface area contributed by atoms with E-state index >= 15 is 0 Å². The van der Waals surface area contributed by atoms with E-state index in [1.54, 1.807) is 30.5 Å². The lowest BCUT2D eigenvalue weighted by Gasteiger charge is -2.23. The van der Waals surface area contributed by atoms with Crippen LogP contribution in [-0.4, -0.2) is 21.5 Å². The molecule has 0 aliphatic carbocycles. The number of aromatic nitrogens is 2. The van der Waals surface area contributed by atoms with Crippen molar-refractivity contribution >= 4 is 33.3 Å². The lowest BCUT2D eigenvalue weighted by atomic mass is 10.1. The highest BCUT2D eigenvalue weighted by Crippen LogP contribution is 2.31. The number of hydrogen-bond donors (Lipinski definition) is 1. The van der Waals surface area contributed by atoms with Gasteiger partial charge in [0.2, 0.25) is 5.82 Å². The van der Waals surface area contributed by atoms with Crippen LogP contribution in [0.3, 0.4) is 0 Å². The molecule has 5 nitrogen and oxygen atoms in total. The average Bonchev–Trinajstić information content (AvgIpc) is 2.53. The van der Waals surface area contributed by atoms with Crippen molar-refractivity contribution < 1.29 is 15.2 Å². The fraction of sp³-hybridized carbons (Fsp3) is 0.462. The van der Waals surface area contributed by atoms with Gasteiger partial charge in [0.15, 0.2) is 0 Å². The smallest absolute Gasteiger partial charge is 0.237 e. The number of aryl methyl sites for hydroxylation is 3. The molecule has 0 unspecified atom stereocenters. The molecule has 2 aromatic heterocycles. The summed E-state index contributed by atoms with van der Waals surface area (Å²) in [4.78, 5) is 22.0. The van der Waals surface area contributed by atoms with Crippen LogP contribution in [0, 0.1) is 20.8 Å². The maximum absolute atomic E-state index is 11.2. The summed E-state index contributed by atoms with van der Waals surface area (Å²) < 4.78 is 0. The maximum atomic E-state index is 11.2. The van der Waals surface area contributed by atoms with Crippen molar-refractivity contribution in [3.8, 4) is 0 Å². The number of carbonyl (C=O) groups excluding carboxylic acids is 1. The number of hydrogen-bond acceptors (Lipinski definition) is 5. The van der Waals surface area contributed by atoms with Crippen LogP contribution < -0.4 is 10.4 Å². The van der Waals surface area contributed by atoms with Crippen LogP contribution in [0.25, 0.3) is 10.2 Å². The van der Waals surface area contributed by atoms with Gasteiger partial charge in [-0.05, 0) is 40.2 Å². The highest BCUT2D eigenvalue weighted by Gasteiger charge is 2.27. The Hall–Kier alpha value is -1.53. The van der Waals surface area contributed by atoms with Gasteiger partial charge < -0.3 is 9.90 Å². The van der Waals surface area contributed by atoms with Gasteiger partial charge in [0.1, 0.15) is 22.2 Å². The number of nitrogens with zero attached hydrogens (tertiary/aromatic N) is 2. The van der Waals surface area contributed by atoms with Crippen molar-refractivity contribution in [1.82, 2.24) is 9.97 Å². The molecule has 0 spiro atoms. The predicted octanol–water partition coefficient (Wildman–Crippen LogP) is 0.340. The number of fused-ring (bicyclic) bond motifs is 1. The van der Waals surface area contributed by atoms with Crippen LogP contribution in [0.4, 0.5) is 5.82 Å². The number of carbonyl (C=O) groups is 1. The van der Waals surface area contributed by atoms with Crippen LogP contribution in [0.1, 0.15) is 30.1 Å². The highest BCUT2D eigenvalue weighted by atomic mass is 32.1. The first-order valence-corrected chi connectivity index (χ1v) is 6.85. The minimum Gasteiger partial charge on any atom is -0.544 e. The Labute approximate surface area is 115 Å². The zero-order valence-corrected chi connectivity index (χ0v) is 12.5. The molecule has 0 saturated heterocycles. The molecule has 0 amide bonds. The van der Waals surface area contributed by atoms with E-state index in [1.807, 2.05) is 20.8 Å². The molecular formula is C13H17N3O2S. The van der Waals surface area contributed by atoms with Crippen LogP contribution in [0.5, 0.6) is 0 Å². The Morgan fingerprint density at radius 3 is 2.47 bits per heavy atom. The van der Waals surface area contributed by atoms with E-state index in [-0.39, 0.29) is 0 Å². The highest BCUT2D eigenvalue weighted by molar-refractivity contribution is 7.18. The molecular weight excluding hydrogens is 262 g/mol. The second kappa shape index (κ2) is 4.54. The van der Waals surface area contributed by atoms with Gasteiger partial charge in [-0.2, -0.15) is 4.98 Å². The summed E-state index contributed by atoms with van der Waals surface area (Å²) in [5, 5.41) is 13.8. The Morgan fingerprint density at radius 1 is 1.26 bits per heavy atom. The van der Waals surface area contributed by atoms with Crippen molar-refractivity contribution in [3.63, 3.8) is 0 Å². The predicted molar refractivity (Wildman–Crippen MR) is 72.3 cm³/mol. The summed E-state index contributed by atoms with van der Waals surface area (Å²) in [7, 11) is 0. The van der Waals surface area contributed by atoms with Crippen molar-refractivity contribution in [2.24, 2.45) is 0 Å². The third-order valence-corrected chi connectivity index (χ3v) is 4.29. The number of carboxylic acid groups (broad SMARTS) is 1. The molecule has 2 N–H and O–H groups in total. The molecule has 0 saturated carbocycles. The lowest BCUT2D eigenvalue weighted by molar-refractivity contribution is -0.642. The quantitative estimate of drug-likeness (QED) is 0.878. The Bertz CT molecular complexity index is 661. The molecule has 0 radical (unpaired) electrons. The first-order valence-electron chi connectivity index (χ1n) is 6.04. The third kappa shape index (κ3) is 2.46. The average molecular weight is 279 g/mol. The second-order valence-electron chi connectivity index (χ2n) is 5.27. The van der Waals surface area contributed by atoms with E-state index in [1.165, 1.54) is 4.88 Å². The molecule has 102 valence electrons. The fourth-order valence-corrected chi connectivity index (χ4v) is 2.98. The van der Waals surface area contributed by atoms with Gasteiger partial charge in [0, 0.05) is 4.88 Å². The molecule has 2 aromatic rings. The molecule has 0 bridgehead atoms. The van der Waals surface area contributed by atoms with Crippen molar-refractivity contribution in [1.29, 1.82) is 0 Å². The molecule has 2 heterocycles. The number of aliphatic carboxylic acids is 1. The third-order valence-electron chi connectivity index (χ3n) is 3.19. The Morgan fingerprint density at radius 2 is 1.89 bits per heavy atom. The Balaban J connectivity index is 2.62. The molecule has 19 heavy (non-hydrogen) atoms. The number of nitrogens with two attached hydrogens (primary N) is 1. The first-order chi connectivity index (χ1) is 8.72. The molecule has 6 heteroatoms. The summed E-state index contributed by atoms with van der Waals surface area (Å²) in [5.41, 5.74) is 0.0520. The molecule has 0 aliphatic heterocycles. The van der Waals surface area contributed by atoms with Crippen LogP contribution >= 0.6 is 11.3 Å². The number of rotatable bonds is 3. The van der Waals surface area contributed by atoms with Crippen molar-refractivity contribution in [2.45, 2.75) is 40.2 Å². The lowest BCUT2D eigenvalue weighted by Crippen LogP contribution is -2.94. The minimum absolute atomic E-state index is 0.647. The zero-order chi connectivity index (χ0) is 14.4. The van der Waals surface area contributed by atoms with E-state index < -0.39 is 11.5 Å². The number of thiophene rings is 1.